The van der Waals surface area contributed by atoms with E-state index < -0.39 is 6.04 Å². The number of thiophene rings is 1. The lowest BCUT2D eigenvalue weighted by Gasteiger charge is -2.25. The van der Waals surface area contributed by atoms with E-state index in [-0.39, 0.29) is 11.3 Å². The summed E-state index contributed by atoms with van der Waals surface area (Å²) in [6.45, 7) is 8.61. The minimum atomic E-state index is -0.465. The van der Waals surface area contributed by atoms with Crippen LogP contribution in [0.1, 0.15) is 37.4 Å². The quantitative estimate of drug-likeness (QED) is 0.866. The lowest BCUT2D eigenvalue weighted by molar-refractivity contribution is -0.124. The van der Waals surface area contributed by atoms with Crippen LogP contribution in [0.2, 0.25) is 0 Å². The summed E-state index contributed by atoms with van der Waals surface area (Å²) in [5.41, 5.74) is 5.68. The molecule has 1 aromatic rings. The highest BCUT2D eigenvalue weighted by Gasteiger charge is 2.27. The number of hydrogen-bond donors (Lipinski definition) is 2. The van der Waals surface area contributed by atoms with Crippen LogP contribution in [-0.4, -0.2) is 11.9 Å². The van der Waals surface area contributed by atoms with Gasteiger partial charge in [0.25, 0.3) is 0 Å². The average Bonchev–Trinajstić information content (AvgIpc) is 2.71. The van der Waals surface area contributed by atoms with Crippen LogP contribution < -0.4 is 11.1 Å². The number of carbonyl (C=O) groups is 1. The summed E-state index contributed by atoms with van der Waals surface area (Å²) >= 11 is 1.74. The van der Waals surface area contributed by atoms with Crippen LogP contribution in [0.4, 0.5) is 0 Å². The molecular formula is C13H22N2OS. The molecule has 0 aromatic carbocycles. The third-order valence-corrected chi connectivity index (χ3v) is 3.95. The van der Waals surface area contributed by atoms with E-state index in [1.54, 1.807) is 11.3 Å². The van der Waals surface area contributed by atoms with Crippen LogP contribution in [0.5, 0.6) is 0 Å². The first-order valence-electron chi connectivity index (χ1n) is 5.95. The Bertz CT molecular complexity index is 379. The minimum absolute atomic E-state index is 0.0797. The highest BCUT2D eigenvalue weighted by molar-refractivity contribution is 7.11. The van der Waals surface area contributed by atoms with Gasteiger partial charge in [-0.15, -0.1) is 11.3 Å². The molecule has 1 heterocycles. The van der Waals surface area contributed by atoms with Crippen molar-refractivity contribution in [2.45, 2.75) is 46.7 Å². The van der Waals surface area contributed by atoms with E-state index >= 15 is 0 Å². The molecule has 1 rings (SSSR count). The highest BCUT2D eigenvalue weighted by atomic mass is 32.1. The van der Waals surface area contributed by atoms with Gasteiger partial charge >= 0.3 is 0 Å². The number of amides is 1. The third-order valence-electron chi connectivity index (χ3n) is 2.72. The second-order valence-electron chi connectivity index (χ2n) is 5.28. The summed E-state index contributed by atoms with van der Waals surface area (Å²) in [5, 5.41) is 2.89. The largest absolute Gasteiger partial charge is 0.350 e. The van der Waals surface area contributed by atoms with Gasteiger partial charge in [-0.3, -0.25) is 4.79 Å². The van der Waals surface area contributed by atoms with E-state index in [9.17, 15) is 4.79 Å². The second kappa shape index (κ2) is 5.65. The van der Waals surface area contributed by atoms with Crippen molar-refractivity contribution in [3.8, 4) is 0 Å². The molecular weight excluding hydrogens is 232 g/mol. The molecule has 96 valence electrons. The van der Waals surface area contributed by atoms with Gasteiger partial charge < -0.3 is 11.1 Å². The lowest BCUT2D eigenvalue weighted by atomic mass is 9.87. The SMILES string of the molecule is CCc1ccc(CNC(=O)[C@H](N)C(C)(C)C)s1. The maximum atomic E-state index is 11.8. The monoisotopic (exact) mass is 254 g/mol. The van der Waals surface area contributed by atoms with E-state index in [1.807, 2.05) is 20.8 Å². The predicted molar refractivity (Wildman–Crippen MR) is 73.0 cm³/mol. The highest BCUT2D eigenvalue weighted by Crippen LogP contribution is 2.19. The molecule has 0 fully saturated rings. The smallest absolute Gasteiger partial charge is 0.237 e. The molecule has 0 bridgehead atoms. The maximum Gasteiger partial charge on any atom is 0.237 e. The van der Waals surface area contributed by atoms with E-state index in [1.165, 1.54) is 9.75 Å². The fourth-order valence-electron chi connectivity index (χ4n) is 1.38. The molecule has 4 heteroatoms. The molecule has 0 aliphatic carbocycles. The van der Waals surface area contributed by atoms with Crippen LogP contribution >= 0.6 is 11.3 Å². The van der Waals surface area contributed by atoms with Gasteiger partial charge in [0.15, 0.2) is 0 Å². The molecule has 0 radical (unpaired) electrons. The topological polar surface area (TPSA) is 55.1 Å². The van der Waals surface area contributed by atoms with Crippen molar-refractivity contribution in [1.82, 2.24) is 5.32 Å². The molecule has 0 spiro atoms. The number of nitrogens with two attached hydrogens (primary N) is 1. The Hall–Kier alpha value is -0.870. The molecule has 1 aromatic heterocycles. The van der Waals surface area contributed by atoms with Crippen molar-refractivity contribution in [1.29, 1.82) is 0 Å². The van der Waals surface area contributed by atoms with Crippen molar-refractivity contribution in [2.75, 3.05) is 0 Å². The van der Waals surface area contributed by atoms with Crippen molar-refractivity contribution in [2.24, 2.45) is 11.1 Å². The van der Waals surface area contributed by atoms with Crippen molar-refractivity contribution in [3.63, 3.8) is 0 Å². The van der Waals surface area contributed by atoms with Gasteiger partial charge in [0.2, 0.25) is 5.91 Å². The minimum Gasteiger partial charge on any atom is -0.350 e. The van der Waals surface area contributed by atoms with E-state index in [0.717, 1.165) is 6.42 Å². The molecule has 0 aliphatic heterocycles. The van der Waals surface area contributed by atoms with Crippen LogP contribution in [0.3, 0.4) is 0 Å². The van der Waals surface area contributed by atoms with Gasteiger partial charge in [-0.05, 0) is 24.0 Å². The van der Waals surface area contributed by atoms with Gasteiger partial charge in [0, 0.05) is 9.75 Å². The summed E-state index contributed by atoms with van der Waals surface area (Å²) in [6.07, 6.45) is 1.04. The zero-order valence-corrected chi connectivity index (χ0v) is 11.9. The molecule has 3 nitrogen and oxygen atoms in total. The molecule has 0 saturated heterocycles. The number of aryl methyl sites for hydroxylation is 1. The number of rotatable bonds is 4. The zero-order chi connectivity index (χ0) is 13.1. The van der Waals surface area contributed by atoms with E-state index in [4.69, 9.17) is 5.73 Å². The molecule has 0 aliphatic rings. The Morgan fingerprint density at radius 3 is 2.47 bits per heavy atom. The summed E-state index contributed by atoms with van der Waals surface area (Å²) in [5.74, 6) is -0.0797. The molecule has 0 unspecified atom stereocenters. The first-order chi connectivity index (χ1) is 7.84. The predicted octanol–water partition coefficient (Wildman–Crippen LogP) is 2.30. The first kappa shape index (κ1) is 14.2. The molecule has 0 saturated carbocycles. The van der Waals surface area contributed by atoms with Crippen LogP contribution in [0.15, 0.2) is 12.1 Å². The molecule has 1 atom stereocenters. The fourth-order valence-corrected chi connectivity index (χ4v) is 2.28. The van der Waals surface area contributed by atoms with Gasteiger partial charge in [-0.2, -0.15) is 0 Å². The normalized spacial score (nSPS) is 13.5. The van der Waals surface area contributed by atoms with Crippen molar-refractivity contribution < 1.29 is 4.79 Å². The summed E-state index contributed by atoms with van der Waals surface area (Å²) in [4.78, 5) is 14.3. The Morgan fingerprint density at radius 1 is 1.41 bits per heavy atom. The van der Waals surface area contributed by atoms with Gasteiger partial charge in [0.1, 0.15) is 0 Å². The first-order valence-corrected chi connectivity index (χ1v) is 6.77. The molecule has 17 heavy (non-hydrogen) atoms. The zero-order valence-electron chi connectivity index (χ0n) is 11.0. The van der Waals surface area contributed by atoms with Crippen LogP contribution in [-0.2, 0) is 17.8 Å². The third kappa shape index (κ3) is 4.13. The Labute approximate surface area is 107 Å². The maximum absolute atomic E-state index is 11.8. The van der Waals surface area contributed by atoms with Gasteiger partial charge in [0.05, 0.1) is 12.6 Å². The lowest BCUT2D eigenvalue weighted by Crippen LogP contribution is -2.48. The number of hydrogen-bond acceptors (Lipinski definition) is 3. The Kier molecular flexibility index (Phi) is 4.71. The summed E-state index contributed by atoms with van der Waals surface area (Å²) in [7, 11) is 0. The standard InChI is InChI=1S/C13H22N2OS/c1-5-9-6-7-10(17-9)8-15-12(16)11(14)13(2,3)4/h6-7,11H,5,8,14H2,1-4H3,(H,15,16)/t11-/m0/s1. The summed E-state index contributed by atoms with van der Waals surface area (Å²) in [6, 6.07) is 3.70. The van der Waals surface area contributed by atoms with Gasteiger partial charge in [-0.25, -0.2) is 0 Å². The molecule has 1 amide bonds. The van der Waals surface area contributed by atoms with Gasteiger partial charge in [-0.1, -0.05) is 27.7 Å². The number of nitrogens with one attached hydrogen (secondary N) is 1. The summed E-state index contributed by atoms with van der Waals surface area (Å²) < 4.78 is 0. The van der Waals surface area contributed by atoms with Crippen molar-refractivity contribution in [3.05, 3.63) is 21.9 Å². The van der Waals surface area contributed by atoms with E-state index in [2.05, 4.69) is 24.4 Å². The van der Waals surface area contributed by atoms with Crippen LogP contribution in [0.25, 0.3) is 0 Å². The second-order valence-corrected chi connectivity index (χ2v) is 6.54. The van der Waals surface area contributed by atoms with Crippen molar-refractivity contribution >= 4 is 17.2 Å². The average molecular weight is 254 g/mol. The van der Waals surface area contributed by atoms with E-state index in [0.29, 0.717) is 6.54 Å². The molecule has 3 N–H and O–H groups in total. The fraction of sp³-hybridized carbons (Fsp3) is 0.615. The van der Waals surface area contributed by atoms with Crippen LogP contribution in [0, 0.1) is 5.41 Å². The Balaban J connectivity index is 2.48. The number of carbonyl (C=O) groups excluding carboxylic acids is 1. The Morgan fingerprint density at radius 2 is 2.00 bits per heavy atom.